The number of halogens is 2. The number of carbonyl (C=O) groups excluding carboxylic acids is 2. The number of aryl methyl sites for hydroxylation is 1. The number of amides is 2. The molecule has 2 aliphatic heterocycles. The van der Waals surface area contributed by atoms with E-state index in [-0.39, 0.29) is 17.9 Å². The van der Waals surface area contributed by atoms with E-state index in [4.69, 9.17) is 9.47 Å². The van der Waals surface area contributed by atoms with E-state index in [1.807, 2.05) is 0 Å². The summed E-state index contributed by atoms with van der Waals surface area (Å²) in [5.74, 6) is -4.39. The average Bonchev–Trinajstić information content (AvgIpc) is 3.49. The molecule has 40 heavy (non-hydrogen) atoms. The quantitative estimate of drug-likeness (QED) is 0.410. The summed E-state index contributed by atoms with van der Waals surface area (Å²) in [5, 5.41) is 7.55. The zero-order chi connectivity index (χ0) is 28.2. The van der Waals surface area contributed by atoms with Gasteiger partial charge in [-0.3, -0.25) is 14.4 Å². The molecule has 12 heteroatoms. The van der Waals surface area contributed by atoms with E-state index in [0.29, 0.717) is 54.0 Å². The lowest BCUT2D eigenvalue weighted by Crippen LogP contribution is -2.46. The molecule has 1 saturated heterocycles. The molecule has 1 fully saturated rings. The van der Waals surface area contributed by atoms with Crippen LogP contribution in [0.5, 0.6) is 11.5 Å². The van der Waals surface area contributed by atoms with Crippen molar-refractivity contribution in [2.24, 2.45) is 7.05 Å². The van der Waals surface area contributed by atoms with E-state index < -0.39 is 23.9 Å². The molecule has 0 bridgehead atoms. The number of pyridine rings is 1. The van der Waals surface area contributed by atoms with Gasteiger partial charge in [-0.15, -0.1) is 0 Å². The van der Waals surface area contributed by atoms with Gasteiger partial charge in [0.2, 0.25) is 11.5 Å². The second-order valence-electron chi connectivity index (χ2n) is 9.92. The molecule has 206 valence electrons. The Labute approximate surface area is 226 Å². The van der Waals surface area contributed by atoms with Crippen molar-refractivity contribution in [2.75, 3.05) is 18.1 Å². The van der Waals surface area contributed by atoms with Crippen LogP contribution in [-0.2, 0) is 16.6 Å². The first-order valence-electron chi connectivity index (χ1n) is 12.7. The van der Waals surface area contributed by atoms with Gasteiger partial charge in [-0.25, -0.2) is 4.68 Å². The van der Waals surface area contributed by atoms with Crippen molar-refractivity contribution >= 4 is 28.4 Å². The van der Waals surface area contributed by atoms with Gasteiger partial charge < -0.3 is 24.3 Å². The first-order chi connectivity index (χ1) is 19.1. The van der Waals surface area contributed by atoms with E-state index in [0.717, 1.165) is 5.52 Å². The Balaban J connectivity index is 1.41. The van der Waals surface area contributed by atoms with Crippen LogP contribution in [0, 0.1) is 0 Å². The van der Waals surface area contributed by atoms with E-state index >= 15 is 0 Å². The Morgan fingerprint density at radius 1 is 1.02 bits per heavy atom. The summed E-state index contributed by atoms with van der Waals surface area (Å²) in [7, 11) is 1.65. The third-order valence-electron chi connectivity index (χ3n) is 7.09. The molecular formula is C28H25F2N5O5. The molecule has 10 nitrogen and oxygen atoms in total. The topological polar surface area (TPSA) is 108 Å². The standard InChI is InChI=1S/C28H25F2N5O5/c1-28(29,30)27(38)32-20-13-25(37)34(26(20)16-3-7-22-23(12-16)40-10-9-39-22)18-4-6-21-17(11-18)14-31-35(21)19-5-8-24(36)33(2)15-19/h3-8,11-12,14-15,20,26H,9-10,13H2,1-2H3,(H,32,38). The second-order valence-corrected chi connectivity index (χ2v) is 9.92. The number of rotatable bonds is 5. The number of carbonyl (C=O) groups is 2. The van der Waals surface area contributed by atoms with Crippen LogP contribution < -0.4 is 25.2 Å². The molecule has 0 spiro atoms. The minimum Gasteiger partial charge on any atom is -0.486 e. The zero-order valence-corrected chi connectivity index (χ0v) is 21.6. The number of nitrogens with zero attached hydrogens (tertiary/aromatic N) is 4. The van der Waals surface area contributed by atoms with Gasteiger partial charge in [-0.1, -0.05) is 6.07 Å². The molecule has 0 saturated carbocycles. The van der Waals surface area contributed by atoms with Crippen molar-refractivity contribution in [3.05, 3.63) is 76.8 Å². The molecular weight excluding hydrogens is 524 g/mol. The minimum atomic E-state index is -3.61. The largest absolute Gasteiger partial charge is 0.486 e. The molecule has 0 aliphatic carbocycles. The highest BCUT2D eigenvalue weighted by Gasteiger charge is 2.45. The molecule has 1 N–H and O–H groups in total. The number of benzene rings is 2. The van der Waals surface area contributed by atoms with Crippen LogP contribution in [0.15, 0.2) is 65.7 Å². The van der Waals surface area contributed by atoms with Crippen molar-refractivity contribution in [1.29, 1.82) is 0 Å². The van der Waals surface area contributed by atoms with E-state index in [1.165, 1.54) is 15.5 Å². The second kappa shape index (κ2) is 9.47. The lowest BCUT2D eigenvalue weighted by atomic mass is 9.98. The van der Waals surface area contributed by atoms with Crippen molar-refractivity contribution in [3.8, 4) is 17.2 Å². The van der Waals surface area contributed by atoms with Gasteiger partial charge in [0.25, 0.3) is 5.91 Å². The van der Waals surface area contributed by atoms with Gasteiger partial charge >= 0.3 is 5.92 Å². The van der Waals surface area contributed by atoms with E-state index in [1.54, 1.807) is 66.6 Å². The summed E-state index contributed by atoms with van der Waals surface area (Å²) in [6.45, 7) is 1.27. The fourth-order valence-corrected chi connectivity index (χ4v) is 5.17. The van der Waals surface area contributed by atoms with E-state index in [9.17, 15) is 23.2 Å². The summed E-state index contributed by atoms with van der Waals surface area (Å²) in [6.07, 6.45) is 3.14. The predicted molar refractivity (Wildman–Crippen MR) is 141 cm³/mol. The predicted octanol–water partition coefficient (Wildman–Crippen LogP) is 3.11. The van der Waals surface area contributed by atoms with Crippen molar-refractivity contribution in [3.63, 3.8) is 0 Å². The van der Waals surface area contributed by atoms with Crippen LogP contribution in [0.2, 0.25) is 0 Å². The Morgan fingerprint density at radius 3 is 2.52 bits per heavy atom. The summed E-state index contributed by atoms with van der Waals surface area (Å²) in [5.41, 5.74) is 2.38. The Bertz CT molecular complexity index is 1710. The van der Waals surface area contributed by atoms with E-state index in [2.05, 4.69) is 10.4 Å². The molecule has 2 amide bonds. The monoisotopic (exact) mass is 549 g/mol. The van der Waals surface area contributed by atoms with Crippen LogP contribution in [0.4, 0.5) is 14.5 Å². The van der Waals surface area contributed by atoms with Crippen molar-refractivity contribution < 1.29 is 27.8 Å². The van der Waals surface area contributed by atoms with Crippen LogP contribution in [-0.4, -0.2) is 51.3 Å². The normalized spacial score (nSPS) is 18.8. The Hall–Kier alpha value is -4.74. The highest BCUT2D eigenvalue weighted by atomic mass is 19.3. The third-order valence-corrected chi connectivity index (χ3v) is 7.09. The number of hydrogen-bond donors (Lipinski definition) is 1. The molecule has 0 radical (unpaired) electrons. The maximum atomic E-state index is 13.8. The van der Waals surface area contributed by atoms with Gasteiger partial charge in [0, 0.05) is 43.7 Å². The first kappa shape index (κ1) is 25.5. The van der Waals surface area contributed by atoms with Crippen LogP contribution in [0.3, 0.4) is 0 Å². The molecule has 4 aromatic rings. The lowest BCUT2D eigenvalue weighted by Gasteiger charge is -2.30. The van der Waals surface area contributed by atoms with Crippen LogP contribution >= 0.6 is 0 Å². The van der Waals surface area contributed by atoms with Gasteiger partial charge in [-0.2, -0.15) is 13.9 Å². The summed E-state index contributed by atoms with van der Waals surface area (Å²) >= 11 is 0. The number of aromatic nitrogens is 3. The average molecular weight is 550 g/mol. The maximum Gasteiger partial charge on any atom is 0.321 e. The summed E-state index contributed by atoms with van der Waals surface area (Å²) in [6, 6.07) is 11.9. The summed E-state index contributed by atoms with van der Waals surface area (Å²) in [4.78, 5) is 39.0. The van der Waals surface area contributed by atoms with Gasteiger partial charge in [0.1, 0.15) is 13.2 Å². The molecule has 2 atom stereocenters. The number of alkyl halides is 2. The Morgan fingerprint density at radius 2 is 1.77 bits per heavy atom. The number of anilines is 1. The fourth-order valence-electron chi connectivity index (χ4n) is 5.17. The van der Waals surface area contributed by atoms with Gasteiger partial charge in [0.05, 0.1) is 29.5 Å². The molecule has 2 unspecified atom stereocenters. The Kier molecular flexibility index (Phi) is 6.05. The number of ether oxygens (including phenoxy) is 2. The van der Waals surface area contributed by atoms with Gasteiger partial charge in [0.15, 0.2) is 11.5 Å². The molecule has 2 aromatic heterocycles. The maximum absolute atomic E-state index is 13.8. The van der Waals surface area contributed by atoms with Crippen LogP contribution in [0.25, 0.3) is 16.6 Å². The number of hydrogen-bond acceptors (Lipinski definition) is 6. The number of fused-ring (bicyclic) bond motifs is 2. The summed E-state index contributed by atoms with van der Waals surface area (Å²) < 4.78 is 42.1. The highest BCUT2D eigenvalue weighted by molar-refractivity contribution is 6.00. The van der Waals surface area contributed by atoms with Gasteiger partial charge in [-0.05, 0) is 42.0 Å². The first-order valence-corrected chi connectivity index (χ1v) is 12.7. The van der Waals surface area contributed by atoms with Crippen molar-refractivity contribution in [2.45, 2.75) is 31.4 Å². The van der Waals surface area contributed by atoms with Crippen LogP contribution in [0.1, 0.15) is 24.9 Å². The minimum absolute atomic E-state index is 0.150. The molecule has 2 aromatic carbocycles. The zero-order valence-electron chi connectivity index (χ0n) is 21.6. The van der Waals surface area contributed by atoms with Crippen molar-refractivity contribution in [1.82, 2.24) is 19.7 Å². The molecule has 2 aliphatic rings. The highest BCUT2D eigenvalue weighted by Crippen LogP contribution is 2.42. The lowest BCUT2D eigenvalue weighted by molar-refractivity contribution is -0.143. The smallest absolute Gasteiger partial charge is 0.321 e. The molecule has 4 heterocycles. The molecule has 6 rings (SSSR count). The number of nitrogens with one attached hydrogen (secondary N) is 1. The fraction of sp³-hybridized carbons (Fsp3) is 0.286. The third kappa shape index (κ3) is 4.44. The SMILES string of the molecule is Cn1cc(-n2ncc3cc(N4C(=O)CC(NC(=O)C(C)(F)F)C4c4ccc5c(c4)OCCO5)ccc32)ccc1=O.